The van der Waals surface area contributed by atoms with Crippen LogP contribution in [0.2, 0.25) is 0 Å². The van der Waals surface area contributed by atoms with E-state index in [0.717, 1.165) is 12.8 Å². The molecule has 0 aromatic rings. The van der Waals surface area contributed by atoms with Gasteiger partial charge in [0.15, 0.2) is 0 Å². The molecule has 0 radical (unpaired) electrons. The zero-order valence-corrected chi connectivity index (χ0v) is 7.81. The van der Waals surface area contributed by atoms with Crippen LogP contribution in [0, 0.1) is 11.8 Å². The van der Waals surface area contributed by atoms with Crippen LogP contribution in [0.4, 0.5) is 0 Å². The highest BCUT2D eigenvalue weighted by molar-refractivity contribution is 4.94. The third-order valence-corrected chi connectivity index (χ3v) is 3.34. The van der Waals surface area contributed by atoms with Crippen molar-refractivity contribution in [1.82, 2.24) is 5.48 Å². The van der Waals surface area contributed by atoms with Crippen LogP contribution >= 0.6 is 0 Å². The summed E-state index contributed by atoms with van der Waals surface area (Å²) in [6.45, 7) is 2.07. The predicted molar refractivity (Wildman–Crippen MR) is 46.8 cm³/mol. The Hall–Kier alpha value is -0.160. The van der Waals surface area contributed by atoms with Crippen molar-refractivity contribution in [3.8, 4) is 0 Å². The Balaban J connectivity index is 2.05. The van der Waals surface area contributed by atoms with Gasteiger partial charge in [0, 0.05) is 5.92 Å². The highest BCUT2D eigenvalue weighted by Crippen LogP contribution is 2.38. The highest BCUT2D eigenvalue weighted by atomic mass is 16.7. The summed E-state index contributed by atoms with van der Waals surface area (Å²) in [5, 5.41) is 18.8. The Morgan fingerprint density at radius 1 is 1.46 bits per heavy atom. The molecule has 1 saturated heterocycles. The van der Waals surface area contributed by atoms with Crippen molar-refractivity contribution in [2.45, 2.75) is 38.0 Å². The Morgan fingerprint density at radius 2 is 2.23 bits per heavy atom. The molecule has 4 heteroatoms. The van der Waals surface area contributed by atoms with E-state index in [0.29, 0.717) is 5.92 Å². The van der Waals surface area contributed by atoms with E-state index in [1.54, 1.807) is 0 Å². The van der Waals surface area contributed by atoms with Crippen molar-refractivity contribution in [2.24, 2.45) is 11.8 Å². The first kappa shape index (κ1) is 9.40. The summed E-state index contributed by atoms with van der Waals surface area (Å²) >= 11 is 0. The largest absolute Gasteiger partial charge is 0.395 e. The standard InChI is InChI=1S/C9H17NO3/c1-5-2-3-6-8(12)7(4-11)10-13-9(5)6/h5-12H,2-4H2,1H3/t5?,6?,7-,8?,9-/m1/s1. The zero-order chi connectivity index (χ0) is 9.42. The fourth-order valence-corrected chi connectivity index (χ4v) is 2.45. The topological polar surface area (TPSA) is 61.7 Å². The van der Waals surface area contributed by atoms with Crippen LogP contribution in [-0.4, -0.2) is 35.1 Å². The van der Waals surface area contributed by atoms with Gasteiger partial charge in [-0.25, -0.2) is 0 Å². The minimum absolute atomic E-state index is 0.0707. The number of hydrogen-bond donors (Lipinski definition) is 3. The van der Waals surface area contributed by atoms with Gasteiger partial charge in [-0.1, -0.05) is 6.92 Å². The lowest BCUT2D eigenvalue weighted by Gasteiger charge is -2.37. The van der Waals surface area contributed by atoms with Crippen LogP contribution in [0.15, 0.2) is 0 Å². The van der Waals surface area contributed by atoms with Gasteiger partial charge in [-0.2, -0.15) is 5.48 Å². The number of hydrogen-bond acceptors (Lipinski definition) is 4. The summed E-state index contributed by atoms with van der Waals surface area (Å²) in [4.78, 5) is 5.42. The van der Waals surface area contributed by atoms with Gasteiger partial charge in [-0.15, -0.1) is 0 Å². The first-order valence-electron chi connectivity index (χ1n) is 4.94. The maximum absolute atomic E-state index is 9.85. The highest BCUT2D eigenvalue weighted by Gasteiger charge is 2.45. The SMILES string of the molecule is CC1CCC2C(O)[C@@H](CO)NO[C@H]12. The molecule has 3 N–H and O–H groups in total. The molecule has 5 atom stereocenters. The van der Waals surface area contributed by atoms with E-state index >= 15 is 0 Å². The Labute approximate surface area is 77.9 Å². The first-order valence-corrected chi connectivity index (χ1v) is 4.94. The van der Waals surface area contributed by atoms with E-state index in [9.17, 15) is 5.11 Å². The van der Waals surface area contributed by atoms with Crippen LogP contribution in [0.3, 0.4) is 0 Å². The van der Waals surface area contributed by atoms with Gasteiger partial charge in [0.25, 0.3) is 0 Å². The lowest BCUT2D eigenvalue weighted by molar-refractivity contribution is -0.170. The van der Waals surface area contributed by atoms with Gasteiger partial charge in [-0.3, -0.25) is 4.84 Å². The van der Waals surface area contributed by atoms with Gasteiger partial charge < -0.3 is 10.2 Å². The molecule has 3 unspecified atom stereocenters. The van der Waals surface area contributed by atoms with E-state index < -0.39 is 6.10 Å². The van der Waals surface area contributed by atoms with Crippen molar-refractivity contribution < 1.29 is 15.1 Å². The summed E-state index contributed by atoms with van der Waals surface area (Å²) in [5.74, 6) is 0.709. The van der Waals surface area contributed by atoms with Crippen molar-refractivity contribution in [1.29, 1.82) is 0 Å². The van der Waals surface area contributed by atoms with Crippen molar-refractivity contribution in [2.75, 3.05) is 6.61 Å². The van der Waals surface area contributed by atoms with E-state index in [-0.39, 0.29) is 24.7 Å². The molecule has 1 heterocycles. The molecule has 2 rings (SSSR count). The van der Waals surface area contributed by atoms with Crippen LogP contribution in [-0.2, 0) is 4.84 Å². The molecule has 0 aromatic carbocycles. The van der Waals surface area contributed by atoms with E-state index in [1.165, 1.54) is 0 Å². The molecule has 0 spiro atoms. The lowest BCUT2D eigenvalue weighted by Crippen LogP contribution is -2.56. The molecule has 1 aliphatic carbocycles. The zero-order valence-electron chi connectivity index (χ0n) is 7.81. The second kappa shape index (κ2) is 3.53. The van der Waals surface area contributed by atoms with Gasteiger partial charge >= 0.3 is 0 Å². The molecule has 13 heavy (non-hydrogen) atoms. The van der Waals surface area contributed by atoms with E-state index in [2.05, 4.69) is 12.4 Å². The number of hydroxylamine groups is 1. The van der Waals surface area contributed by atoms with Crippen LogP contribution in [0.25, 0.3) is 0 Å². The van der Waals surface area contributed by atoms with Gasteiger partial charge in [0.05, 0.1) is 24.9 Å². The Kier molecular flexibility index (Phi) is 2.55. The summed E-state index contributed by atoms with van der Waals surface area (Å²) < 4.78 is 0. The molecule has 4 nitrogen and oxygen atoms in total. The van der Waals surface area contributed by atoms with Crippen LogP contribution in [0.1, 0.15) is 19.8 Å². The number of rotatable bonds is 1. The first-order chi connectivity index (χ1) is 6.24. The number of fused-ring (bicyclic) bond motifs is 1. The molecule has 76 valence electrons. The smallest absolute Gasteiger partial charge is 0.0869 e. The monoisotopic (exact) mass is 187 g/mol. The predicted octanol–water partition coefficient (Wildman–Crippen LogP) is -0.342. The molecule has 0 amide bonds. The second-order valence-corrected chi connectivity index (χ2v) is 4.20. The summed E-state index contributed by atoms with van der Waals surface area (Å²) in [5.41, 5.74) is 2.72. The molecular weight excluding hydrogens is 170 g/mol. The molecule has 2 fully saturated rings. The van der Waals surface area contributed by atoms with Crippen molar-refractivity contribution >= 4 is 0 Å². The third-order valence-electron chi connectivity index (χ3n) is 3.34. The number of aliphatic hydroxyl groups is 2. The van der Waals surface area contributed by atoms with E-state index in [4.69, 9.17) is 9.94 Å². The molecule has 0 aromatic heterocycles. The molecular formula is C9H17NO3. The quantitative estimate of drug-likeness (QED) is 0.525. The molecule has 2 aliphatic rings. The van der Waals surface area contributed by atoms with Crippen LogP contribution in [0.5, 0.6) is 0 Å². The minimum Gasteiger partial charge on any atom is -0.395 e. The maximum atomic E-state index is 9.85. The maximum Gasteiger partial charge on any atom is 0.0869 e. The fourth-order valence-electron chi connectivity index (χ4n) is 2.45. The summed E-state index contributed by atoms with van der Waals surface area (Å²) in [7, 11) is 0. The molecule has 1 saturated carbocycles. The average Bonchev–Trinajstić information content (AvgIpc) is 2.50. The minimum atomic E-state index is -0.464. The number of nitrogens with one attached hydrogen (secondary N) is 1. The van der Waals surface area contributed by atoms with Gasteiger partial charge in [0.2, 0.25) is 0 Å². The number of aliphatic hydroxyl groups excluding tert-OH is 2. The van der Waals surface area contributed by atoms with Crippen molar-refractivity contribution in [3.05, 3.63) is 0 Å². The normalized spacial score (nSPS) is 50.5. The third kappa shape index (κ3) is 1.48. The fraction of sp³-hybridized carbons (Fsp3) is 1.00. The molecule has 1 aliphatic heterocycles. The van der Waals surface area contributed by atoms with E-state index in [1.807, 2.05) is 0 Å². The van der Waals surface area contributed by atoms with Crippen molar-refractivity contribution in [3.63, 3.8) is 0 Å². The van der Waals surface area contributed by atoms with Gasteiger partial charge in [-0.05, 0) is 18.8 Å². The average molecular weight is 187 g/mol. The summed E-state index contributed by atoms with van der Waals surface area (Å²) in [6, 6.07) is -0.313. The lowest BCUT2D eigenvalue weighted by atomic mass is 9.91. The van der Waals surface area contributed by atoms with Crippen LogP contribution < -0.4 is 5.48 Å². The molecule has 0 bridgehead atoms. The Morgan fingerprint density at radius 3 is 2.92 bits per heavy atom. The summed E-state index contributed by atoms with van der Waals surface area (Å²) in [6.07, 6.45) is 1.77. The Bertz CT molecular complexity index is 188. The van der Waals surface area contributed by atoms with Gasteiger partial charge in [0.1, 0.15) is 0 Å². The second-order valence-electron chi connectivity index (χ2n) is 4.20.